The van der Waals surface area contributed by atoms with Gasteiger partial charge in [-0.2, -0.15) is 0 Å². The average molecular weight is 881 g/mol. The number of fused-ring (bicyclic) bond motifs is 10. The number of carbonyl (C=O) groups is 1. The molecule has 0 aliphatic carbocycles. The first kappa shape index (κ1) is 43.8. The van der Waals surface area contributed by atoms with Crippen LogP contribution in [0.1, 0.15) is 132 Å². The first-order valence-electron chi connectivity index (χ1n) is 24.4. The molecule has 1 N–H and O–H groups in total. The molecule has 350 valence electrons. The number of hydrogen-bond acceptors (Lipinski definition) is 13. The summed E-state index contributed by atoms with van der Waals surface area (Å²) in [5.74, 6) is -0.128. The summed E-state index contributed by atoms with van der Waals surface area (Å²) in [6, 6.07) is 0. The lowest BCUT2D eigenvalue weighted by molar-refractivity contribution is -0.356. The molecule has 9 saturated heterocycles. The summed E-state index contributed by atoms with van der Waals surface area (Å²) in [5, 5.41) is 11.4. The molecule has 13 nitrogen and oxygen atoms in total. The SMILES string of the molecule is C=C(C)C[C@@H]1C[C@H](O)[C@]2(C)OC3CC4OC5C[C@]6(C)O[C@]7(C)CCC8OC9C[C@]%10(C)OC%11C(C)=CC(=O)OC%11CC%10OC9C[C@@H](C)C8OC7CC6O[C@@]5(C)C/C=C\C4OC3CC2O1. The third kappa shape index (κ3) is 7.40. The Morgan fingerprint density at radius 3 is 2.29 bits per heavy atom. The Morgan fingerprint density at radius 1 is 0.714 bits per heavy atom. The van der Waals surface area contributed by atoms with E-state index in [4.69, 9.17) is 52.1 Å². The van der Waals surface area contributed by atoms with E-state index in [2.05, 4.69) is 53.3 Å². The minimum absolute atomic E-state index is 0.0799. The van der Waals surface area contributed by atoms with Crippen molar-refractivity contribution in [2.24, 2.45) is 5.92 Å². The van der Waals surface area contributed by atoms with Crippen LogP contribution in [0.25, 0.3) is 0 Å². The van der Waals surface area contributed by atoms with Crippen molar-refractivity contribution in [2.45, 2.75) is 264 Å². The highest BCUT2D eigenvalue weighted by Gasteiger charge is 2.64. The third-order valence-electron chi connectivity index (χ3n) is 17.7. The van der Waals surface area contributed by atoms with Crippen molar-refractivity contribution in [1.29, 1.82) is 0 Å². The summed E-state index contributed by atoms with van der Waals surface area (Å²) < 4.78 is 75.9. The smallest absolute Gasteiger partial charge is 0.331 e. The van der Waals surface area contributed by atoms with E-state index in [9.17, 15) is 9.90 Å². The fourth-order valence-corrected chi connectivity index (χ4v) is 14.0. The van der Waals surface area contributed by atoms with Gasteiger partial charge in [0.05, 0.1) is 108 Å². The van der Waals surface area contributed by atoms with Crippen LogP contribution < -0.4 is 0 Å². The van der Waals surface area contributed by atoms with Crippen LogP contribution in [0, 0.1) is 5.92 Å². The van der Waals surface area contributed by atoms with Crippen molar-refractivity contribution in [3.05, 3.63) is 36.0 Å². The van der Waals surface area contributed by atoms with Gasteiger partial charge in [0.1, 0.15) is 23.9 Å². The van der Waals surface area contributed by atoms with Crippen LogP contribution in [0.4, 0.5) is 0 Å². The van der Waals surface area contributed by atoms with Gasteiger partial charge in [0, 0.05) is 51.0 Å². The second-order valence-corrected chi connectivity index (χ2v) is 22.9. The first-order chi connectivity index (χ1) is 29.8. The van der Waals surface area contributed by atoms with Crippen LogP contribution in [0.2, 0.25) is 0 Å². The number of aliphatic hydroxyl groups excluding tert-OH is 1. The Hall–Kier alpha value is -1.75. The molecule has 11 aliphatic rings. The van der Waals surface area contributed by atoms with Crippen molar-refractivity contribution in [3.63, 3.8) is 0 Å². The van der Waals surface area contributed by atoms with Gasteiger partial charge in [-0.15, -0.1) is 6.58 Å². The van der Waals surface area contributed by atoms with Crippen LogP contribution in [0.3, 0.4) is 0 Å². The third-order valence-corrected chi connectivity index (χ3v) is 17.7. The number of hydrogen-bond donors (Lipinski definition) is 1. The fraction of sp³-hybridized carbons (Fsp3) is 0.860. The summed E-state index contributed by atoms with van der Waals surface area (Å²) >= 11 is 0. The molecular weight excluding hydrogens is 809 g/mol. The maximum Gasteiger partial charge on any atom is 0.331 e. The highest BCUT2D eigenvalue weighted by Crippen LogP contribution is 2.55. The van der Waals surface area contributed by atoms with Gasteiger partial charge in [-0.3, -0.25) is 0 Å². The van der Waals surface area contributed by atoms with Crippen LogP contribution in [0.5, 0.6) is 0 Å². The van der Waals surface area contributed by atoms with Crippen molar-refractivity contribution in [1.82, 2.24) is 0 Å². The molecule has 0 aromatic rings. The van der Waals surface area contributed by atoms with Gasteiger partial charge >= 0.3 is 5.97 Å². The lowest BCUT2D eigenvalue weighted by atomic mass is 9.72. The second-order valence-electron chi connectivity index (χ2n) is 22.9. The van der Waals surface area contributed by atoms with E-state index in [-0.39, 0.29) is 110 Å². The predicted octanol–water partition coefficient (Wildman–Crippen LogP) is 6.29. The maximum atomic E-state index is 12.3. The van der Waals surface area contributed by atoms with Gasteiger partial charge in [-0.05, 0) is 92.1 Å². The zero-order chi connectivity index (χ0) is 44.0. The largest absolute Gasteiger partial charge is 0.456 e. The van der Waals surface area contributed by atoms with Crippen molar-refractivity contribution in [2.75, 3.05) is 0 Å². The molecule has 0 radical (unpaired) electrons. The van der Waals surface area contributed by atoms with Crippen molar-refractivity contribution in [3.8, 4) is 0 Å². The minimum Gasteiger partial charge on any atom is -0.456 e. The lowest BCUT2D eigenvalue weighted by Crippen LogP contribution is -2.70. The Balaban J connectivity index is 0.780. The quantitative estimate of drug-likeness (QED) is 0.246. The molecule has 11 aliphatic heterocycles. The summed E-state index contributed by atoms with van der Waals surface area (Å²) in [6.07, 6.45) is 10.4. The number of carbonyl (C=O) groups excluding carboxylic acids is 1. The van der Waals surface area contributed by atoms with Gasteiger partial charge in [0.25, 0.3) is 0 Å². The topological polar surface area (TPSA) is 139 Å². The molecule has 15 unspecified atom stereocenters. The van der Waals surface area contributed by atoms with E-state index in [1.807, 2.05) is 20.8 Å². The highest BCUT2D eigenvalue weighted by molar-refractivity contribution is 5.84. The maximum absolute atomic E-state index is 12.3. The Labute approximate surface area is 373 Å². The number of rotatable bonds is 2. The van der Waals surface area contributed by atoms with E-state index in [1.54, 1.807) is 6.08 Å². The molecule has 13 heteroatoms. The predicted molar refractivity (Wildman–Crippen MR) is 228 cm³/mol. The molecule has 0 aromatic carbocycles. The van der Waals surface area contributed by atoms with Crippen molar-refractivity contribution >= 4 is 5.97 Å². The Bertz CT molecular complexity index is 1890. The first-order valence-corrected chi connectivity index (χ1v) is 24.4. The summed E-state index contributed by atoms with van der Waals surface area (Å²) in [4.78, 5) is 12.3. The minimum atomic E-state index is -0.822. The van der Waals surface area contributed by atoms with Gasteiger partial charge < -0.3 is 57.2 Å². The van der Waals surface area contributed by atoms with Crippen molar-refractivity contribution < 1.29 is 62.0 Å². The molecule has 0 bridgehead atoms. The normalized spacial score (nSPS) is 57.7. The molecule has 11 rings (SSSR count). The fourth-order valence-electron chi connectivity index (χ4n) is 14.0. The van der Waals surface area contributed by atoms with Gasteiger partial charge in [0.2, 0.25) is 0 Å². The Morgan fingerprint density at radius 2 is 1.48 bits per heavy atom. The van der Waals surface area contributed by atoms with Crippen LogP contribution >= 0.6 is 0 Å². The van der Waals surface area contributed by atoms with E-state index in [1.165, 1.54) is 0 Å². The molecule has 11 heterocycles. The Kier molecular flexibility index (Phi) is 10.7. The average Bonchev–Trinajstić information content (AvgIpc) is 3.40. The number of aliphatic hydroxyl groups is 1. The number of ether oxygens (including phenoxy) is 11. The lowest BCUT2D eigenvalue weighted by Gasteiger charge is -2.60. The summed E-state index contributed by atoms with van der Waals surface area (Å²) in [5.41, 5.74) is -1.20. The zero-order valence-corrected chi connectivity index (χ0v) is 38.7. The molecule has 0 spiro atoms. The molecular formula is C50H72O13. The highest BCUT2D eigenvalue weighted by atomic mass is 16.7. The van der Waals surface area contributed by atoms with Gasteiger partial charge in [0.15, 0.2) is 0 Å². The molecule has 23 atom stereocenters. The molecule has 0 saturated carbocycles. The van der Waals surface area contributed by atoms with Gasteiger partial charge in [-0.1, -0.05) is 24.6 Å². The van der Waals surface area contributed by atoms with E-state index in [0.717, 1.165) is 36.8 Å². The second kappa shape index (κ2) is 15.4. The van der Waals surface area contributed by atoms with E-state index >= 15 is 0 Å². The molecule has 0 amide bonds. The molecule has 0 aromatic heterocycles. The standard InChI is InChI=1S/C50H72O13/c1-25(2)15-28-18-37(51)50(9)41(53-28)20-33-34(60-50)19-32-29(54-33)11-10-13-46(5)42(57-32)24-49(8)40(61-46)22-39-47(6,63-49)14-12-30-44(59-39)26(3)16-31-36(55-30)23-48(7)38(56-31)21-35-45(62-48)27(4)17-43(52)58-35/h10-11,17,26,28-42,44-45,51H,1,12-16,18-24H2,2-9H3/b11-10-/t26-,28-,29?,30?,31?,32?,33?,34?,35?,36?,37+,38?,39?,40?,41?,42?,44?,45?,46+,47-,48+,49+,50+/m1/s1. The zero-order valence-electron chi connectivity index (χ0n) is 38.7. The number of esters is 1. The van der Waals surface area contributed by atoms with Gasteiger partial charge in [-0.25, -0.2) is 4.79 Å². The van der Waals surface area contributed by atoms with Crippen LogP contribution in [-0.2, 0) is 56.9 Å². The molecule has 9 fully saturated rings. The molecule has 63 heavy (non-hydrogen) atoms. The summed E-state index contributed by atoms with van der Waals surface area (Å²) in [6.45, 7) is 21.1. The van der Waals surface area contributed by atoms with E-state index < -0.39 is 34.1 Å². The van der Waals surface area contributed by atoms with E-state index in [0.29, 0.717) is 51.4 Å². The monoisotopic (exact) mass is 880 g/mol. The van der Waals surface area contributed by atoms with Crippen LogP contribution in [-0.4, -0.2) is 143 Å². The van der Waals surface area contributed by atoms with Crippen LogP contribution in [0.15, 0.2) is 36.0 Å². The summed E-state index contributed by atoms with van der Waals surface area (Å²) in [7, 11) is 0.